The number of nitrogens with two attached hydrogens (primary N) is 1. The van der Waals surface area contributed by atoms with Gasteiger partial charge in [0.15, 0.2) is 0 Å². The van der Waals surface area contributed by atoms with Crippen LogP contribution < -0.4 is 10.6 Å². The lowest BCUT2D eigenvalue weighted by Crippen LogP contribution is -2.48. The third-order valence-electron chi connectivity index (χ3n) is 8.26. The molecule has 8 heteroatoms. The SMILES string of the molecule is C=C/C(C)=C(\c1ccc(Cl)cc1N)N1CCN(CCCN2CCN(c3c(C)cnc4cc(Cl)ccc34)CC2)CC1. The molecule has 2 N–H and O–H groups in total. The number of benzene rings is 2. The number of aryl methyl sites for hydroxylation is 1. The topological polar surface area (TPSA) is 51.9 Å². The Morgan fingerprint density at radius 1 is 0.925 bits per heavy atom. The summed E-state index contributed by atoms with van der Waals surface area (Å²) < 4.78 is 0. The molecule has 2 aromatic carbocycles. The number of pyridine rings is 1. The highest BCUT2D eigenvalue weighted by Crippen LogP contribution is 2.32. The first-order valence-electron chi connectivity index (χ1n) is 14.2. The second-order valence-electron chi connectivity index (χ2n) is 10.9. The van der Waals surface area contributed by atoms with Gasteiger partial charge in [-0.3, -0.25) is 14.8 Å². The van der Waals surface area contributed by atoms with Crippen molar-refractivity contribution in [3.8, 4) is 0 Å². The number of allylic oxidation sites excluding steroid dienone is 2. The normalized spacial score (nSPS) is 17.8. The van der Waals surface area contributed by atoms with E-state index in [9.17, 15) is 0 Å². The number of fused-ring (bicyclic) bond motifs is 1. The molecule has 0 saturated carbocycles. The van der Waals surface area contributed by atoms with Gasteiger partial charge in [0.1, 0.15) is 0 Å². The van der Waals surface area contributed by atoms with Crippen molar-refractivity contribution in [2.45, 2.75) is 20.3 Å². The van der Waals surface area contributed by atoms with Crippen molar-refractivity contribution in [3.63, 3.8) is 0 Å². The fourth-order valence-electron chi connectivity index (χ4n) is 6.06. The number of piperazine rings is 2. The predicted molar refractivity (Wildman–Crippen MR) is 171 cm³/mol. The maximum absolute atomic E-state index is 6.36. The lowest BCUT2D eigenvalue weighted by atomic mass is 10.0. The van der Waals surface area contributed by atoms with Gasteiger partial charge < -0.3 is 15.5 Å². The molecule has 1 aromatic heterocycles. The number of hydrogen-bond donors (Lipinski definition) is 1. The Balaban J connectivity index is 1.10. The molecule has 212 valence electrons. The molecule has 2 fully saturated rings. The zero-order valence-corrected chi connectivity index (χ0v) is 25.2. The summed E-state index contributed by atoms with van der Waals surface area (Å²) in [7, 11) is 0. The first kappa shape index (κ1) is 28.7. The van der Waals surface area contributed by atoms with E-state index < -0.39 is 0 Å². The zero-order valence-electron chi connectivity index (χ0n) is 23.7. The van der Waals surface area contributed by atoms with Crippen molar-refractivity contribution in [3.05, 3.63) is 82.0 Å². The van der Waals surface area contributed by atoms with E-state index in [4.69, 9.17) is 28.9 Å². The third-order valence-corrected chi connectivity index (χ3v) is 8.73. The van der Waals surface area contributed by atoms with Crippen LogP contribution in [0.4, 0.5) is 11.4 Å². The van der Waals surface area contributed by atoms with Gasteiger partial charge in [-0.05, 0) is 80.9 Å². The summed E-state index contributed by atoms with van der Waals surface area (Å²) in [4.78, 5) is 14.8. The fourth-order valence-corrected chi connectivity index (χ4v) is 6.40. The summed E-state index contributed by atoms with van der Waals surface area (Å²) in [5.74, 6) is 0. The molecule has 0 radical (unpaired) electrons. The maximum atomic E-state index is 6.36. The second-order valence-corrected chi connectivity index (χ2v) is 11.8. The predicted octanol–water partition coefficient (Wildman–Crippen LogP) is 6.18. The molecule has 2 aliphatic rings. The number of rotatable bonds is 8. The Hall–Kier alpha value is -2.77. The van der Waals surface area contributed by atoms with Gasteiger partial charge in [-0.2, -0.15) is 0 Å². The van der Waals surface area contributed by atoms with Crippen LogP contribution in [-0.2, 0) is 0 Å². The van der Waals surface area contributed by atoms with Gasteiger partial charge in [-0.1, -0.05) is 35.9 Å². The molecule has 40 heavy (non-hydrogen) atoms. The summed E-state index contributed by atoms with van der Waals surface area (Å²) >= 11 is 12.4. The molecule has 0 atom stereocenters. The van der Waals surface area contributed by atoms with Crippen LogP contribution in [0.15, 0.2) is 60.8 Å². The number of aromatic nitrogens is 1. The summed E-state index contributed by atoms with van der Waals surface area (Å²) in [5, 5.41) is 2.59. The van der Waals surface area contributed by atoms with E-state index in [2.05, 4.69) is 51.1 Å². The Bertz CT molecular complexity index is 1390. The van der Waals surface area contributed by atoms with Crippen molar-refractivity contribution in [1.82, 2.24) is 19.7 Å². The second kappa shape index (κ2) is 12.8. The van der Waals surface area contributed by atoms with Crippen LogP contribution >= 0.6 is 23.2 Å². The molecule has 6 nitrogen and oxygen atoms in total. The van der Waals surface area contributed by atoms with Crippen molar-refractivity contribution < 1.29 is 0 Å². The molecule has 3 aromatic rings. The minimum absolute atomic E-state index is 0.662. The molecule has 0 amide bonds. The minimum Gasteiger partial charge on any atom is -0.398 e. The first-order chi connectivity index (χ1) is 19.3. The van der Waals surface area contributed by atoms with Crippen LogP contribution in [-0.4, -0.2) is 85.1 Å². The first-order valence-corrected chi connectivity index (χ1v) is 15.0. The van der Waals surface area contributed by atoms with E-state index in [0.717, 1.165) is 87.1 Å². The van der Waals surface area contributed by atoms with Gasteiger partial charge in [-0.15, -0.1) is 0 Å². The monoisotopic (exact) mass is 578 g/mol. The molecule has 0 unspecified atom stereocenters. The summed E-state index contributed by atoms with van der Waals surface area (Å²) in [6, 6.07) is 11.8. The Morgan fingerprint density at radius 2 is 1.55 bits per heavy atom. The number of nitrogen functional groups attached to an aromatic ring is 1. The summed E-state index contributed by atoms with van der Waals surface area (Å²) in [5.41, 5.74) is 13.9. The van der Waals surface area contributed by atoms with Crippen LogP contribution in [0.2, 0.25) is 10.0 Å². The molecule has 0 spiro atoms. The average Bonchev–Trinajstić information content (AvgIpc) is 2.95. The van der Waals surface area contributed by atoms with Crippen LogP contribution in [0.25, 0.3) is 16.6 Å². The smallest absolute Gasteiger partial charge is 0.0737 e. The molecule has 0 bridgehead atoms. The summed E-state index contributed by atoms with van der Waals surface area (Å²) in [6.07, 6.45) is 5.08. The highest BCUT2D eigenvalue weighted by molar-refractivity contribution is 6.31. The molecule has 3 heterocycles. The van der Waals surface area contributed by atoms with Crippen molar-refractivity contribution in [2.75, 3.05) is 76.1 Å². The van der Waals surface area contributed by atoms with Gasteiger partial charge >= 0.3 is 0 Å². The lowest BCUT2D eigenvalue weighted by Gasteiger charge is -2.39. The fraction of sp³-hybridized carbons (Fsp3) is 0.406. The van der Waals surface area contributed by atoms with Gasteiger partial charge in [0.05, 0.1) is 11.2 Å². The Kier molecular flexibility index (Phi) is 9.21. The highest BCUT2D eigenvalue weighted by atomic mass is 35.5. The van der Waals surface area contributed by atoms with E-state index in [1.807, 2.05) is 42.6 Å². The molecule has 2 aliphatic heterocycles. The Labute approximate surface area is 248 Å². The van der Waals surface area contributed by atoms with Gasteiger partial charge in [0, 0.05) is 90.9 Å². The van der Waals surface area contributed by atoms with Crippen molar-refractivity contribution in [2.24, 2.45) is 0 Å². The maximum Gasteiger partial charge on any atom is 0.0737 e. The van der Waals surface area contributed by atoms with E-state index in [1.165, 1.54) is 28.8 Å². The largest absolute Gasteiger partial charge is 0.398 e. The number of hydrogen-bond acceptors (Lipinski definition) is 6. The van der Waals surface area contributed by atoms with E-state index in [1.54, 1.807) is 0 Å². The van der Waals surface area contributed by atoms with Gasteiger partial charge in [0.2, 0.25) is 0 Å². The average molecular weight is 580 g/mol. The van der Waals surface area contributed by atoms with Crippen molar-refractivity contribution >= 4 is 51.2 Å². The lowest BCUT2D eigenvalue weighted by molar-refractivity contribution is 0.162. The zero-order chi connectivity index (χ0) is 28.2. The number of anilines is 2. The minimum atomic E-state index is 0.662. The van der Waals surface area contributed by atoms with E-state index in [0.29, 0.717) is 10.7 Å². The third kappa shape index (κ3) is 6.41. The van der Waals surface area contributed by atoms with E-state index >= 15 is 0 Å². The molecule has 0 aliphatic carbocycles. The van der Waals surface area contributed by atoms with Crippen LogP contribution in [0, 0.1) is 6.92 Å². The van der Waals surface area contributed by atoms with Gasteiger partial charge in [0.25, 0.3) is 0 Å². The molecular formula is C32H40Cl2N6. The van der Waals surface area contributed by atoms with E-state index in [-0.39, 0.29) is 0 Å². The molecular weight excluding hydrogens is 539 g/mol. The highest BCUT2D eigenvalue weighted by Gasteiger charge is 2.24. The standard InChI is InChI=1S/C32H40Cl2N6/c1-4-23(2)31(27-8-6-25(33)20-29(27)35)39-16-12-37(13-17-39)10-5-11-38-14-18-40(19-15-38)32-24(3)22-36-30-21-26(34)7-9-28(30)32/h4,6-9,20-22H,1,5,10-19,35H2,2-3H3/b31-23+. The molecule has 5 rings (SSSR count). The number of halogens is 2. The Morgan fingerprint density at radius 3 is 2.20 bits per heavy atom. The van der Waals surface area contributed by atoms with Crippen LogP contribution in [0.3, 0.4) is 0 Å². The van der Waals surface area contributed by atoms with Gasteiger partial charge in [-0.25, -0.2) is 0 Å². The number of nitrogens with zero attached hydrogens (tertiary/aromatic N) is 5. The van der Waals surface area contributed by atoms with Crippen LogP contribution in [0.1, 0.15) is 24.5 Å². The quantitative estimate of drug-likeness (QED) is 0.254. The van der Waals surface area contributed by atoms with Crippen LogP contribution in [0.5, 0.6) is 0 Å². The van der Waals surface area contributed by atoms with Crippen molar-refractivity contribution in [1.29, 1.82) is 0 Å². The molecule has 2 saturated heterocycles. The summed E-state index contributed by atoms with van der Waals surface area (Å²) in [6.45, 7) is 18.8.